The summed E-state index contributed by atoms with van der Waals surface area (Å²) in [5, 5.41) is 3.46. The first-order valence-electron chi connectivity index (χ1n) is 5.31. The molecule has 0 bridgehead atoms. The van der Waals surface area contributed by atoms with Crippen molar-refractivity contribution in [1.29, 1.82) is 0 Å². The lowest BCUT2D eigenvalue weighted by Gasteiger charge is -2.24. The van der Waals surface area contributed by atoms with Gasteiger partial charge in [0.15, 0.2) is 0 Å². The molecule has 0 aromatic carbocycles. The highest BCUT2D eigenvalue weighted by molar-refractivity contribution is 4.71. The normalized spacial score (nSPS) is 14.8. The molecule has 0 saturated carbocycles. The van der Waals surface area contributed by atoms with Crippen LogP contribution in [-0.4, -0.2) is 50.3 Å². The van der Waals surface area contributed by atoms with E-state index < -0.39 is 0 Å². The number of methoxy groups -OCH3 is 1. The molecule has 0 aliphatic rings. The van der Waals surface area contributed by atoms with Crippen LogP contribution in [0.1, 0.15) is 27.7 Å². The van der Waals surface area contributed by atoms with Crippen LogP contribution >= 0.6 is 0 Å². The average molecular weight is 202 g/mol. The van der Waals surface area contributed by atoms with Crippen LogP contribution in [0.5, 0.6) is 0 Å². The maximum atomic E-state index is 5.21. The molecule has 0 aromatic rings. The van der Waals surface area contributed by atoms with Crippen LogP contribution < -0.4 is 5.32 Å². The van der Waals surface area contributed by atoms with Gasteiger partial charge in [0.2, 0.25) is 0 Å². The number of nitrogens with zero attached hydrogens (tertiary/aromatic N) is 1. The molecule has 0 aromatic heterocycles. The summed E-state index contributed by atoms with van der Waals surface area (Å²) in [6.45, 7) is 11.7. The van der Waals surface area contributed by atoms with Crippen LogP contribution in [0.25, 0.3) is 0 Å². The predicted molar refractivity (Wildman–Crippen MR) is 61.7 cm³/mol. The fourth-order valence-electron chi connectivity index (χ4n) is 1.23. The minimum atomic E-state index is 0.216. The van der Waals surface area contributed by atoms with E-state index in [2.05, 4.69) is 45.0 Å². The first-order valence-corrected chi connectivity index (χ1v) is 5.31. The molecule has 0 heterocycles. The molecule has 0 radical (unpaired) electrons. The fourth-order valence-corrected chi connectivity index (χ4v) is 1.23. The summed E-state index contributed by atoms with van der Waals surface area (Å²) < 4.78 is 5.21. The number of rotatable bonds is 6. The molecule has 86 valence electrons. The lowest BCUT2D eigenvalue weighted by atomic mass is 10.1. The highest BCUT2D eigenvalue weighted by atomic mass is 16.5. The Morgan fingerprint density at radius 2 is 1.93 bits per heavy atom. The first kappa shape index (κ1) is 13.9. The van der Waals surface area contributed by atoms with Crippen molar-refractivity contribution >= 4 is 0 Å². The van der Waals surface area contributed by atoms with Crippen LogP contribution in [0, 0.1) is 0 Å². The van der Waals surface area contributed by atoms with Gasteiger partial charge in [-0.15, -0.1) is 0 Å². The van der Waals surface area contributed by atoms with Crippen LogP contribution in [0.4, 0.5) is 0 Å². The van der Waals surface area contributed by atoms with Gasteiger partial charge in [0.05, 0.1) is 6.10 Å². The second-order valence-corrected chi connectivity index (χ2v) is 4.99. The molecule has 14 heavy (non-hydrogen) atoms. The molecule has 0 fully saturated rings. The Morgan fingerprint density at radius 1 is 1.36 bits per heavy atom. The van der Waals surface area contributed by atoms with Gasteiger partial charge in [-0.1, -0.05) is 0 Å². The van der Waals surface area contributed by atoms with Crippen LogP contribution in [0.2, 0.25) is 0 Å². The summed E-state index contributed by atoms with van der Waals surface area (Å²) >= 11 is 0. The number of likely N-dealkylation sites (N-methyl/N-ethyl adjacent to an activating group) is 1. The Bertz CT molecular complexity index is 143. The predicted octanol–water partition coefficient (Wildman–Crippen LogP) is 1.34. The molecule has 0 aliphatic heterocycles. The second-order valence-electron chi connectivity index (χ2n) is 4.99. The van der Waals surface area contributed by atoms with E-state index in [9.17, 15) is 0 Å². The van der Waals surface area contributed by atoms with Crippen molar-refractivity contribution in [3.05, 3.63) is 0 Å². The molecule has 0 rings (SSSR count). The molecule has 1 unspecified atom stereocenters. The Morgan fingerprint density at radius 3 is 2.36 bits per heavy atom. The van der Waals surface area contributed by atoms with Gasteiger partial charge in [0.25, 0.3) is 0 Å². The summed E-state index contributed by atoms with van der Waals surface area (Å²) in [5.41, 5.74) is 0.216. The maximum Gasteiger partial charge on any atom is 0.0670 e. The van der Waals surface area contributed by atoms with Gasteiger partial charge in [-0.2, -0.15) is 0 Å². The van der Waals surface area contributed by atoms with Crippen LogP contribution in [0.15, 0.2) is 0 Å². The van der Waals surface area contributed by atoms with Crippen molar-refractivity contribution < 1.29 is 4.74 Å². The largest absolute Gasteiger partial charge is 0.380 e. The standard InChI is InChI=1S/C11H26N2O/c1-10(14-6)9-13(5)8-7-12-11(2,3)4/h10,12H,7-9H2,1-6H3. The van der Waals surface area contributed by atoms with E-state index in [0.29, 0.717) is 6.10 Å². The van der Waals surface area contributed by atoms with Gasteiger partial charge in [0.1, 0.15) is 0 Å². The van der Waals surface area contributed by atoms with E-state index in [4.69, 9.17) is 4.74 Å². The Kier molecular flexibility index (Phi) is 6.33. The van der Waals surface area contributed by atoms with Crippen molar-refractivity contribution in [3.8, 4) is 0 Å². The molecule has 1 atom stereocenters. The molecule has 0 amide bonds. The molecule has 0 aliphatic carbocycles. The average Bonchev–Trinajstić information content (AvgIpc) is 2.01. The molecular formula is C11H26N2O. The highest BCUT2D eigenvalue weighted by Crippen LogP contribution is 1.97. The summed E-state index contributed by atoms with van der Waals surface area (Å²) in [6.07, 6.45) is 0.314. The Labute approximate surface area is 88.8 Å². The number of hydrogen-bond acceptors (Lipinski definition) is 3. The van der Waals surface area contributed by atoms with E-state index in [1.165, 1.54) is 0 Å². The zero-order valence-electron chi connectivity index (χ0n) is 10.6. The number of nitrogens with one attached hydrogen (secondary N) is 1. The molecule has 3 heteroatoms. The minimum absolute atomic E-state index is 0.216. The molecule has 0 spiro atoms. The first-order chi connectivity index (χ1) is 6.35. The van der Waals surface area contributed by atoms with E-state index in [0.717, 1.165) is 19.6 Å². The van der Waals surface area contributed by atoms with Crippen LogP contribution in [-0.2, 0) is 4.74 Å². The van der Waals surface area contributed by atoms with Gasteiger partial charge >= 0.3 is 0 Å². The van der Waals surface area contributed by atoms with Crippen molar-refractivity contribution in [2.24, 2.45) is 0 Å². The summed E-state index contributed by atoms with van der Waals surface area (Å²) in [4.78, 5) is 2.28. The van der Waals surface area contributed by atoms with Gasteiger partial charge < -0.3 is 15.0 Å². The topological polar surface area (TPSA) is 24.5 Å². The highest BCUT2D eigenvalue weighted by Gasteiger charge is 2.09. The molecule has 0 saturated heterocycles. The van der Waals surface area contributed by atoms with Crippen molar-refractivity contribution in [2.45, 2.75) is 39.3 Å². The third kappa shape index (κ3) is 8.48. The fraction of sp³-hybridized carbons (Fsp3) is 1.00. The lowest BCUT2D eigenvalue weighted by Crippen LogP contribution is -2.41. The van der Waals surface area contributed by atoms with E-state index in [1.807, 2.05) is 0 Å². The second kappa shape index (κ2) is 6.38. The van der Waals surface area contributed by atoms with Gasteiger partial charge in [0, 0.05) is 32.3 Å². The van der Waals surface area contributed by atoms with Gasteiger partial charge in [-0.25, -0.2) is 0 Å². The lowest BCUT2D eigenvalue weighted by molar-refractivity contribution is 0.0855. The molecule has 3 nitrogen and oxygen atoms in total. The smallest absolute Gasteiger partial charge is 0.0670 e. The Hall–Kier alpha value is -0.120. The van der Waals surface area contributed by atoms with Gasteiger partial charge in [-0.05, 0) is 34.7 Å². The summed E-state index contributed by atoms with van der Waals surface area (Å²) in [7, 11) is 3.88. The number of ether oxygens (including phenoxy) is 1. The van der Waals surface area contributed by atoms with Crippen molar-refractivity contribution in [3.63, 3.8) is 0 Å². The third-order valence-corrected chi connectivity index (χ3v) is 2.12. The van der Waals surface area contributed by atoms with E-state index in [1.54, 1.807) is 7.11 Å². The zero-order valence-corrected chi connectivity index (χ0v) is 10.6. The van der Waals surface area contributed by atoms with E-state index >= 15 is 0 Å². The van der Waals surface area contributed by atoms with Crippen molar-refractivity contribution in [2.75, 3.05) is 33.8 Å². The zero-order chi connectivity index (χ0) is 11.2. The quantitative estimate of drug-likeness (QED) is 0.703. The minimum Gasteiger partial charge on any atom is -0.380 e. The van der Waals surface area contributed by atoms with Crippen LogP contribution in [0.3, 0.4) is 0 Å². The SMILES string of the molecule is COC(C)CN(C)CCNC(C)(C)C. The summed E-state index contributed by atoms with van der Waals surface area (Å²) in [5.74, 6) is 0. The summed E-state index contributed by atoms with van der Waals surface area (Å²) in [6, 6.07) is 0. The molecule has 1 N–H and O–H groups in total. The third-order valence-electron chi connectivity index (χ3n) is 2.12. The number of hydrogen-bond donors (Lipinski definition) is 1. The maximum absolute atomic E-state index is 5.21. The monoisotopic (exact) mass is 202 g/mol. The molecular weight excluding hydrogens is 176 g/mol. The van der Waals surface area contributed by atoms with Gasteiger partial charge in [-0.3, -0.25) is 0 Å². The van der Waals surface area contributed by atoms with E-state index in [-0.39, 0.29) is 5.54 Å². The Balaban J connectivity index is 3.49. The van der Waals surface area contributed by atoms with Crippen molar-refractivity contribution in [1.82, 2.24) is 10.2 Å².